The number of aromatic hydroxyl groups is 1. The number of halogens is 1. The molecular weight excluding hydrogens is 397 g/mol. The van der Waals surface area contributed by atoms with Crippen LogP contribution in [0.25, 0.3) is 10.9 Å². The van der Waals surface area contributed by atoms with E-state index in [4.69, 9.17) is 5.11 Å². The van der Waals surface area contributed by atoms with Gasteiger partial charge in [-0.05, 0) is 52.9 Å². The van der Waals surface area contributed by atoms with E-state index in [1.165, 1.54) is 18.5 Å². The summed E-state index contributed by atoms with van der Waals surface area (Å²) in [6, 6.07) is 10.1. The van der Waals surface area contributed by atoms with Gasteiger partial charge in [0.2, 0.25) is 0 Å². The molecule has 1 heterocycles. The molecule has 0 aliphatic rings. The van der Waals surface area contributed by atoms with Gasteiger partial charge >= 0.3 is 5.97 Å². The SMILES string of the molecule is O=C(O)c1ccc(Nc2ncnc3ccc(I)cc23)cc1O. The summed E-state index contributed by atoms with van der Waals surface area (Å²) < 4.78 is 1.05. The van der Waals surface area contributed by atoms with Gasteiger partial charge in [-0.15, -0.1) is 0 Å². The molecule has 3 N–H and O–H groups in total. The molecule has 7 heteroatoms. The average Bonchev–Trinajstić information content (AvgIpc) is 2.47. The van der Waals surface area contributed by atoms with Crippen LogP contribution in [0.4, 0.5) is 11.5 Å². The molecule has 6 nitrogen and oxygen atoms in total. The predicted octanol–water partition coefficient (Wildman–Crippen LogP) is 3.38. The Kier molecular flexibility index (Phi) is 3.80. The van der Waals surface area contributed by atoms with E-state index in [2.05, 4.69) is 37.9 Å². The standard InChI is InChI=1S/C15H10IN3O3/c16-8-1-4-12-11(5-8)14(18-7-17-12)19-9-2-3-10(15(21)22)13(20)6-9/h1-7,20H,(H,21,22)(H,17,18,19). The van der Waals surface area contributed by atoms with E-state index in [1.807, 2.05) is 18.2 Å². The molecule has 0 atom stereocenters. The third-order valence-corrected chi connectivity index (χ3v) is 3.76. The Bertz CT molecular complexity index is 883. The summed E-state index contributed by atoms with van der Waals surface area (Å²) >= 11 is 2.20. The third-order valence-electron chi connectivity index (χ3n) is 3.09. The molecule has 2 aromatic carbocycles. The minimum absolute atomic E-state index is 0.146. The maximum atomic E-state index is 10.9. The van der Waals surface area contributed by atoms with E-state index in [0.717, 1.165) is 14.5 Å². The lowest BCUT2D eigenvalue weighted by Gasteiger charge is -2.09. The molecule has 0 spiro atoms. The number of carboxylic acids is 1. The first-order valence-corrected chi connectivity index (χ1v) is 7.36. The number of hydrogen-bond acceptors (Lipinski definition) is 5. The largest absolute Gasteiger partial charge is 0.507 e. The average molecular weight is 407 g/mol. The van der Waals surface area contributed by atoms with Crippen molar-refractivity contribution in [2.75, 3.05) is 5.32 Å². The zero-order chi connectivity index (χ0) is 15.7. The molecule has 0 saturated carbocycles. The molecule has 0 radical (unpaired) electrons. The Hall–Kier alpha value is -2.42. The van der Waals surface area contributed by atoms with E-state index in [0.29, 0.717) is 11.5 Å². The Balaban J connectivity index is 2.01. The predicted molar refractivity (Wildman–Crippen MR) is 90.6 cm³/mol. The highest BCUT2D eigenvalue weighted by atomic mass is 127. The van der Waals surface area contributed by atoms with Crippen LogP contribution in [0.5, 0.6) is 5.75 Å². The lowest BCUT2D eigenvalue weighted by Crippen LogP contribution is -1.99. The fraction of sp³-hybridized carbons (Fsp3) is 0. The van der Waals surface area contributed by atoms with Crippen molar-refractivity contribution in [3.63, 3.8) is 0 Å². The van der Waals surface area contributed by atoms with Gasteiger partial charge in [-0.2, -0.15) is 0 Å². The lowest BCUT2D eigenvalue weighted by molar-refractivity contribution is 0.0694. The highest BCUT2D eigenvalue weighted by Crippen LogP contribution is 2.27. The quantitative estimate of drug-likeness (QED) is 0.577. The number of nitrogens with zero attached hydrogens (tertiary/aromatic N) is 2. The number of aromatic carboxylic acids is 1. The van der Waals surface area contributed by atoms with Crippen LogP contribution in [-0.4, -0.2) is 26.2 Å². The smallest absolute Gasteiger partial charge is 0.339 e. The molecule has 0 aliphatic carbocycles. The van der Waals surface area contributed by atoms with Crippen molar-refractivity contribution >= 4 is 51.0 Å². The van der Waals surface area contributed by atoms with Crippen LogP contribution >= 0.6 is 22.6 Å². The first-order valence-electron chi connectivity index (χ1n) is 6.28. The maximum absolute atomic E-state index is 10.9. The van der Waals surface area contributed by atoms with Crippen molar-refractivity contribution in [2.24, 2.45) is 0 Å². The second-order valence-corrected chi connectivity index (χ2v) is 5.79. The maximum Gasteiger partial charge on any atom is 0.339 e. The topological polar surface area (TPSA) is 95.3 Å². The number of rotatable bonds is 3. The van der Waals surface area contributed by atoms with Gasteiger partial charge in [-0.1, -0.05) is 0 Å². The third kappa shape index (κ3) is 2.80. The summed E-state index contributed by atoms with van der Waals surface area (Å²) in [4.78, 5) is 19.3. The van der Waals surface area contributed by atoms with Crippen LogP contribution in [0.15, 0.2) is 42.7 Å². The number of fused-ring (bicyclic) bond motifs is 1. The summed E-state index contributed by atoms with van der Waals surface area (Å²) in [6.45, 7) is 0. The van der Waals surface area contributed by atoms with Crippen LogP contribution in [0.3, 0.4) is 0 Å². The molecule has 0 saturated heterocycles. The van der Waals surface area contributed by atoms with E-state index < -0.39 is 5.97 Å². The molecule has 3 rings (SSSR count). The monoisotopic (exact) mass is 407 g/mol. The molecule has 110 valence electrons. The second kappa shape index (κ2) is 5.76. The van der Waals surface area contributed by atoms with Gasteiger partial charge in [0.15, 0.2) is 0 Å². The Labute approximate surface area is 139 Å². The van der Waals surface area contributed by atoms with Gasteiger partial charge < -0.3 is 15.5 Å². The van der Waals surface area contributed by atoms with Crippen molar-refractivity contribution in [3.05, 3.63) is 51.9 Å². The Morgan fingerprint density at radius 2 is 1.95 bits per heavy atom. The van der Waals surface area contributed by atoms with Crippen LogP contribution in [0, 0.1) is 3.57 Å². The van der Waals surface area contributed by atoms with Gasteiger partial charge in [0.1, 0.15) is 23.5 Å². The molecule has 3 aromatic rings. The normalized spacial score (nSPS) is 10.6. The van der Waals surface area contributed by atoms with Crippen LogP contribution in [0.1, 0.15) is 10.4 Å². The lowest BCUT2D eigenvalue weighted by atomic mass is 10.1. The molecule has 0 unspecified atom stereocenters. The molecule has 0 bridgehead atoms. The van der Waals surface area contributed by atoms with Crippen LogP contribution in [0.2, 0.25) is 0 Å². The van der Waals surface area contributed by atoms with Crippen LogP contribution < -0.4 is 5.32 Å². The molecule has 0 aliphatic heterocycles. The number of benzene rings is 2. The van der Waals surface area contributed by atoms with Gasteiger partial charge in [-0.3, -0.25) is 0 Å². The van der Waals surface area contributed by atoms with Crippen molar-refractivity contribution in [1.82, 2.24) is 9.97 Å². The summed E-state index contributed by atoms with van der Waals surface area (Å²) in [6.07, 6.45) is 1.45. The zero-order valence-electron chi connectivity index (χ0n) is 11.1. The Morgan fingerprint density at radius 3 is 2.68 bits per heavy atom. The van der Waals surface area contributed by atoms with Gasteiger partial charge in [0.05, 0.1) is 5.52 Å². The number of hydrogen-bond donors (Lipinski definition) is 3. The number of anilines is 2. The van der Waals surface area contributed by atoms with E-state index in [-0.39, 0.29) is 11.3 Å². The van der Waals surface area contributed by atoms with Crippen molar-refractivity contribution in [1.29, 1.82) is 0 Å². The number of nitrogens with one attached hydrogen (secondary N) is 1. The van der Waals surface area contributed by atoms with Crippen molar-refractivity contribution < 1.29 is 15.0 Å². The van der Waals surface area contributed by atoms with Crippen molar-refractivity contribution in [3.8, 4) is 5.75 Å². The minimum Gasteiger partial charge on any atom is -0.507 e. The molecule has 0 amide bonds. The fourth-order valence-corrected chi connectivity index (χ4v) is 2.55. The van der Waals surface area contributed by atoms with Gasteiger partial charge in [-0.25, -0.2) is 14.8 Å². The summed E-state index contributed by atoms with van der Waals surface area (Å²) in [5.74, 6) is -0.887. The number of aromatic nitrogens is 2. The van der Waals surface area contributed by atoms with Crippen LogP contribution in [-0.2, 0) is 0 Å². The minimum atomic E-state index is -1.17. The van der Waals surface area contributed by atoms with Crippen molar-refractivity contribution in [2.45, 2.75) is 0 Å². The highest BCUT2D eigenvalue weighted by molar-refractivity contribution is 14.1. The van der Waals surface area contributed by atoms with E-state index in [1.54, 1.807) is 6.07 Å². The highest BCUT2D eigenvalue weighted by Gasteiger charge is 2.11. The number of carbonyl (C=O) groups is 1. The molecule has 0 fully saturated rings. The van der Waals surface area contributed by atoms with E-state index in [9.17, 15) is 9.90 Å². The summed E-state index contributed by atoms with van der Waals surface area (Å²) in [5, 5.41) is 22.6. The zero-order valence-corrected chi connectivity index (χ0v) is 13.3. The number of carboxylic acid groups (broad SMARTS) is 1. The number of phenols is 1. The molecule has 1 aromatic heterocycles. The molecule has 22 heavy (non-hydrogen) atoms. The molecular formula is C15H10IN3O3. The second-order valence-electron chi connectivity index (χ2n) is 4.55. The van der Waals surface area contributed by atoms with E-state index >= 15 is 0 Å². The van der Waals surface area contributed by atoms with Gasteiger partial charge in [0, 0.05) is 20.7 Å². The first kappa shape index (κ1) is 14.5. The first-order chi connectivity index (χ1) is 10.5. The Morgan fingerprint density at radius 1 is 1.14 bits per heavy atom. The fourth-order valence-electron chi connectivity index (χ4n) is 2.06. The van der Waals surface area contributed by atoms with Gasteiger partial charge in [0.25, 0.3) is 0 Å². The summed E-state index contributed by atoms with van der Waals surface area (Å²) in [7, 11) is 0. The summed E-state index contributed by atoms with van der Waals surface area (Å²) in [5.41, 5.74) is 1.19.